The van der Waals surface area contributed by atoms with Gasteiger partial charge < -0.3 is 19.7 Å². The molecule has 2 rings (SSSR count). The summed E-state index contributed by atoms with van der Waals surface area (Å²) in [4.78, 5) is 20.9. The first-order valence-electron chi connectivity index (χ1n) is 7.80. The van der Waals surface area contributed by atoms with Crippen molar-refractivity contribution in [3.8, 4) is 11.5 Å². The summed E-state index contributed by atoms with van der Waals surface area (Å²) in [7, 11) is 0. The minimum atomic E-state index is -0.991. The van der Waals surface area contributed by atoms with Crippen LogP contribution in [-0.4, -0.2) is 34.4 Å². The van der Waals surface area contributed by atoms with Gasteiger partial charge in [-0.25, -0.2) is 9.59 Å². The predicted molar refractivity (Wildman–Crippen MR) is 98.1 cm³/mol. The topological polar surface area (TPSA) is 93.1 Å². The number of carbonyl (C=O) groups is 2. The van der Waals surface area contributed by atoms with Crippen LogP contribution in [0.25, 0.3) is 0 Å². The van der Waals surface area contributed by atoms with Crippen LogP contribution < -0.4 is 9.47 Å². The maximum absolute atomic E-state index is 10.5. The van der Waals surface area contributed by atoms with Gasteiger partial charge in [-0.15, -0.1) is 0 Å². The number of carboxylic acids is 2. The van der Waals surface area contributed by atoms with E-state index in [1.807, 2.05) is 25.1 Å². The fourth-order valence-corrected chi connectivity index (χ4v) is 1.82. The number of rotatable bonds is 6. The Morgan fingerprint density at radius 2 is 1.38 bits per heavy atom. The number of aryl methyl sites for hydroxylation is 1. The van der Waals surface area contributed by atoms with Gasteiger partial charge in [0.2, 0.25) is 0 Å². The zero-order valence-corrected chi connectivity index (χ0v) is 15.4. The number of benzene rings is 2. The minimum Gasteiger partial charge on any atom is -0.479 e. The molecule has 2 unspecified atom stereocenters. The predicted octanol–water partition coefficient (Wildman–Crippen LogP) is 4.04. The molecule has 0 aliphatic heterocycles. The zero-order valence-electron chi connectivity index (χ0n) is 14.7. The molecule has 26 heavy (non-hydrogen) atoms. The Morgan fingerprint density at radius 3 is 1.88 bits per heavy atom. The molecule has 0 saturated heterocycles. The fourth-order valence-electron chi connectivity index (χ4n) is 1.70. The van der Waals surface area contributed by atoms with Crippen molar-refractivity contribution in [1.82, 2.24) is 0 Å². The number of para-hydroxylation sites is 1. The van der Waals surface area contributed by atoms with Crippen molar-refractivity contribution < 1.29 is 29.3 Å². The van der Waals surface area contributed by atoms with E-state index in [2.05, 4.69) is 0 Å². The van der Waals surface area contributed by atoms with Gasteiger partial charge in [0, 0.05) is 5.02 Å². The Balaban J connectivity index is 0.000000260. The molecule has 7 heteroatoms. The third-order valence-corrected chi connectivity index (χ3v) is 3.47. The molecular formula is C19H21ClO6. The van der Waals surface area contributed by atoms with Gasteiger partial charge in [0.15, 0.2) is 12.2 Å². The van der Waals surface area contributed by atoms with Crippen molar-refractivity contribution in [2.45, 2.75) is 33.0 Å². The number of hydrogen-bond donors (Lipinski definition) is 2. The maximum Gasteiger partial charge on any atom is 0.344 e. The van der Waals surface area contributed by atoms with Crippen molar-refractivity contribution >= 4 is 23.5 Å². The van der Waals surface area contributed by atoms with E-state index in [1.54, 1.807) is 30.3 Å². The van der Waals surface area contributed by atoms with E-state index in [1.165, 1.54) is 13.8 Å². The van der Waals surface area contributed by atoms with E-state index in [0.29, 0.717) is 16.5 Å². The van der Waals surface area contributed by atoms with Crippen molar-refractivity contribution in [1.29, 1.82) is 0 Å². The van der Waals surface area contributed by atoms with Crippen molar-refractivity contribution in [3.63, 3.8) is 0 Å². The lowest BCUT2D eigenvalue weighted by molar-refractivity contribution is -0.145. The molecule has 2 aromatic rings. The van der Waals surface area contributed by atoms with Crippen LogP contribution >= 0.6 is 11.6 Å². The molecule has 0 amide bonds. The first kappa shape index (κ1) is 21.3. The van der Waals surface area contributed by atoms with Crippen LogP contribution in [-0.2, 0) is 9.59 Å². The molecule has 2 N–H and O–H groups in total. The Morgan fingerprint density at radius 1 is 0.885 bits per heavy atom. The number of hydrogen-bond acceptors (Lipinski definition) is 4. The fraction of sp³-hybridized carbons (Fsp3) is 0.263. The number of halogens is 1. The summed E-state index contributed by atoms with van der Waals surface area (Å²) in [5.41, 5.74) is 0.940. The summed E-state index contributed by atoms with van der Waals surface area (Å²) in [6.45, 7) is 4.86. The molecule has 0 radical (unpaired) electrons. The van der Waals surface area contributed by atoms with Crippen LogP contribution in [0.4, 0.5) is 0 Å². The number of ether oxygens (including phenoxy) is 2. The second-order valence-corrected chi connectivity index (χ2v) is 5.85. The van der Waals surface area contributed by atoms with Crippen LogP contribution in [0.3, 0.4) is 0 Å². The highest BCUT2D eigenvalue weighted by atomic mass is 35.5. The van der Waals surface area contributed by atoms with E-state index in [4.69, 9.17) is 31.3 Å². The molecule has 2 aromatic carbocycles. The lowest BCUT2D eigenvalue weighted by atomic mass is 10.2. The molecule has 0 aromatic heterocycles. The van der Waals surface area contributed by atoms with Crippen molar-refractivity contribution in [3.05, 3.63) is 59.1 Å². The Bertz CT molecular complexity index is 729. The van der Waals surface area contributed by atoms with E-state index >= 15 is 0 Å². The van der Waals surface area contributed by atoms with Gasteiger partial charge in [0.05, 0.1) is 0 Å². The van der Waals surface area contributed by atoms with Gasteiger partial charge in [-0.05, 0) is 56.7 Å². The summed E-state index contributed by atoms with van der Waals surface area (Å²) >= 11 is 5.64. The van der Waals surface area contributed by atoms with Gasteiger partial charge >= 0.3 is 11.9 Å². The summed E-state index contributed by atoms with van der Waals surface area (Å²) < 4.78 is 10.3. The lowest BCUT2D eigenvalue weighted by Gasteiger charge is -2.11. The molecule has 0 spiro atoms. The highest BCUT2D eigenvalue weighted by molar-refractivity contribution is 6.30. The van der Waals surface area contributed by atoms with Gasteiger partial charge in [-0.1, -0.05) is 29.8 Å². The number of carboxylic acid groups (broad SMARTS) is 2. The molecule has 2 atom stereocenters. The summed E-state index contributed by atoms with van der Waals surface area (Å²) in [5, 5.41) is 17.7. The van der Waals surface area contributed by atoms with Crippen LogP contribution in [0, 0.1) is 6.92 Å². The van der Waals surface area contributed by atoms with Gasteiger partial charge in [-0.2, -0.15) is 0 Å². The van der Waals surface area contributed by atoms with Crippen molar-refractivity contribution in [2.24, 2.45) is 0 Å². The molecule has 140 valence electrons. The normalized spacial score (nSPS) is 12.2. The summed E-state index contributed by atoms with van der Waals surface area (Å²) in [6.07, 6.45) is -1.65. The second kappa shape index (κ2) is 10.3. The lowest BCUT2D eigenvalue weighted by Crippen LogP contribution is -2.23. The smallest absolute Gasteiger partial charge is 0.344 e. The summed E-state index contributed by atoms with van der Waals surface area (Å²) in [5.74, 6) is -0.824. The van der Waals surface area contributed by atoms with Gasteiger partial charge in [0.25, 0.3) is 0 Å². The second-order valence-electron chi connectivity index (χ2n) is 5.42. The van der Waals surface area contributed by atoms with Crippen molar-refractivity contribution in [2.75, 3.05) is 0 Å². The van der Waals surface area contributed by atoms with Crippen LogP contribution in [0.1, 0.15) is 19.4 Å². The Kier molecular flexibility index (Phi) is 8.45. The molecule has 0 aliphatic carbocycles. The van der Waals surface area contributed by atoms with Gasteiger partial charge in [0.1, 0.15) is 11.5 Å². The monoisotopic (exact) mass is 380 g/mol. The third kappa shape index (κ3) is 7.44. The SMILES string of the molecule is CC(Oc1ccc(Cl)cc1)C(=O)O.Cc1ccccc1OC(C)C(=O)O. The molecule has 0 fully saturated rings. The molecule has 0 bridgehead atoms. The largest absolute Gasteiger partial charge is 0.479 e. The zero-order chi connectivity index (χ0) is 19.7. The van der Waals surface area contributed by atoms with Gasteiger partial charge in [-0.3, -0.25) is 0 Å². The molecule has 0 heterocycles. The number of aliphatic carboxylic acids is 2. The molecule has 0 aliphatic rings. The standard InChI is InChI=1S/C10H12O3.C9H9ClO3/c1-7-5-3-4-6-9(7)13-8(2)10(11)12;1-6(9(11)12)13-8-4-2-7(10)3-5-8/h3-6,8H,1-2H3,(H,11,12);2-6H,1H3,(H,11,12). The van der Waals surface area contributed by atoms with E-state index in [9.17, 15) is 9.59 Å². The quantitative estimate of drug-likeness (QED) is 0.785. The van der Waals surface area contributed by atoms with Crippen LogP contribution in [0.15, 0.2) is 48.5 Å². The average Bonchev–Trinajstić information content (AvgIpc) is 2.59. The first-order valence-corrected chi connectivity index (χ1v) is 8.18. The minimum absolute atomic E-state index is 0.499. The molecule has 6 nitrogen and oxygen atoms in total. The van der Waals surface area contributed by atoms with E-state index < -0.39 is 24.1 Å². The maximum atomic E-state index is 10.5. The first-order chi connectivity index (χ1) is 12.2. The van der Waals surface area contributed by atoms with E-state index in [0.717, 1.165) is 5.56 Å². The average molecular weight is 381 g/mol. The molecule has 0 saturated carbocycles. The van der Waals surface area contributed by atoms with Crippen LogP contribution in [0.2, 0.25) is 5.02 Å². The van der Waals surface area contributed by atoms with Crippen LogP contribution in [0.5, 0.6) is 11.5 Å². The highest BCUT2D eigenvalue weighted by Gasteiger charge is 2.13. The summed E-state index contributed by atoms with van der Waals surface area (Å²) in [6, 6.07) is 13.9. The Labute approximate surface area is 156 Å². The molecular weight excluding hydrogens is 360 g/mol. The Hall–Kier alpha value is -2.73. The third-order valence-electron chi connectivity index (χ3n) is 3.22. The highest BCUT2D eigenvalue weighted by Crippen LogP contribution is 2.18. The van der Waals surface area contributed by atoms with E-state index in [-0.39, 0.29) is 0 Å².